The highest BCUT2D eigenvalue weighted by molar-refractivity contribution is 5.60. The van der Waals surface area contributed by atoms with Crippen LogP contribution in [-0.4, -0.2) is 16.2 Å². The van der Waals surface area contributed by atoms with Crippen molar-refractivity contribution < 1.29 is 0 Å². The van der Waals surface area contributed by atoms with E-state index in [1.165, 1.54) is 5.56 Å². The molecule has 106 valence electrons. The van der Waals surface area contributed by atoms with Gasteiger partial charge in [0.2, 0.25) is 0 Å². The van der Waals surface area contributed by atoms with Crippen molar-refractivity contribution in [2.24, 2.45) is 0 Å². The maximum Gasteiger partial charge on any atom is 0.148 e. The molecule has 0 radical (unpaired) electrons. The lowest BCUT2D eigenvalue weighted by Gasteiger charge is -2.10. The molecule has 3 heteroatoms. The van der Waals surface area contributed by atoms with E-state index in [-0.39, 0.29) is 0 Å². The Morgan fingerprint density at radius 3 is 2.15 bits per heavy atom. The fourth-order valence-corrected chi connectivity index (χ4v) is 2.08. The molecule has 1 aromatic heterocycles. The van der Waals surface area contributed by atoms with Crippen LogP contribution in [0.3, 0.4) is 0 Å². The number of nitrogens with one attached hydrogen (secondary N) is 1. The Bertz CT molecular complexity index is 529. The third-order valence-electron chi connectivity index (χ3n) is 3.49. The first-order chi connectivity index (χ1) is 9.60. The normalized spacial score (nSPS) is 12.4. The highest BCUT2D eigenvalue weighted by atomic mass is 15.2. The standard InChI is InChI=1S/C17H23N3/c1-5-13(4)14-6-8-15(9-7-14)16-10-11-17(20-19-16)18-12(2)3/h6-13H,5H2,1-4H3,(H,18,20). The zero-order valence-electron chi connectivity index (χ0n) is 12.7. The smallest absolute Gasteiger partial charge is 0.148 e. The van der Waals surface area contributed by atoms with Gasteiger partial charge in [-0.3, -0.25) is 0 Å². The van der Waals surface area contributed by atoms with E-state index >= 15 is 0 Å². The molecule has 0 aliphatic carbocycles. The largest absolute Gasteiger partial charge is 0.366 e. The topological polar surface area (TPSA) is 37.8 Å². The second kappa shape index (κ2) is 6.51. The van der Waals surface area contributed by atoms with Crippen molar-refractivity contribution >= 4 is 5.82 Å². The van der Waals surface area contributed by atoms with E-state index in [2.05, 4.69) is 67.5 Å². The van der Waals surface area contributed by atoms with Gasteiger partial charge in [0, 0.05) is 11.6 Å². The maximum absolute atomic E-state index is 4.28. The first-order valence-electron chi connectivity index (χ1n) is 7.30. The van der Waals surface area contributed by atoms with Crippen molar-refractivity contribution in [3.8, 4) is 11.3 Å². The van der Waals surface area contributed by atoms with Gasteiger partial charge in [-0.25, -0.2) is 0 Å². The van der Waals surface area contributed by atoms with Crippen LogP contribution < -0.4 is 5.32 Å². The van der Waals surface area contributed by atoms with Gasteiger partial charge in [0.05, 0.1) is 5.69 Å². The molecule has 1 N–H and O–H groups in total. The van der Waals surface area contributed by atoms with Gasteiger partial charge in [-0.1, -0.05) is 38.1 Å². The highest BCUT2D eigenvalue weighted by Crippen LogP contribution is 2.23. The van der Waals surface area contributed by atoms with Crippen LogP contribution in [0, 0.1) is 0 Å². The second-order valence-corrected chi connectivity index (χ2v) is 5.53. The lowest BCUT2D eigenvalue weighted by molar-refractivity contribution is 0.734. The SMILES string of the molecule is CCC(C)c1ccc(-c2ccc(NC(C)C)nn2)cc1. The van der Waals surface area contributed by atoms with Gasteiger partial charge in [-0.05, 0) is 43.9 Å². The lowest BCUT2D eigenvalue weighted by atomic mass is 9.97. The Labute approximate surface area is 121 Å². The van der Waals surface area contributed by atoms with E-state index in [0.717, 1.165) is 23.5 Å². The van der Waals surface area contributed by atoms with Crippen molar-refractivity contribution in [2.45, 2.75) is 46.1 Å². The summed E-state index contributed by atoms with van der Waals surface area (Å²) in [6, 6.07) is 13.0. The molecule has 1 heterocycles. The van der Waals surface area contributed by atoms with E-state index in [4.69, 9.17) is 0 Å². The van der Waals surface area contributed by atoms with E-state index in [0.29, 0.717) is 12.0 Å². The summed E-state index contributed by atoms with van der Waals surface area (Å²) in [7, 11) is 0. The monoisotopic (exact) mass is 269 g/mol. The Morgan fingerprint density at radius 2 is 1.65 bits per heavy atom. The molecule has 2 aromatic rings. The fraction of sp³-hybridized carbons (Fsp3) is 0.412. The van der Waals surface area contributed by atoms with Gasteiger partial charge in [0.1, 0.15) is 5.82 Å². The first kappa shape index (κ1) is 14.5. The van der Waals surface area contributed by atoms with Crippen LogP contribution in [0.15, 0.2) is 36.4 Å². The Hall–Kier alpha value is -1.90. The lowest BCUT2D eigenvalue weighted by Crippen LogP contribution is -2.11. The molecule has 0 aliphatic heterocycles. The number of hydrogen-bond donors (Lipinski definition) is 1. The molecule has 1 unspecified atom stereocenters. The van der Waals surface area contributed by atoms with Crippen LogP contribution in [0.4, 0.5) is 5.82 Å². The number of benzene rings is 1. The summed E-state index contributed by atoms with van der Waals surface area (Å²) in [5.41, 5.74) is 3.40. The number of aromatic nitrogens is 2. The summed E-state index contributed by atoms with van der Waals surface area (Å²) >= 11 is 0. The number of hydrogen-bond acceptors (Lipinski definition) is 3. The van der Waals surface area contributed by atoms with Crippen LogP contribution in [0.25, 0.3) is 11.3 Å². The highest BCUT2D eigenvalue weighted by Gasteiger charge is 2.05. The van der Waals surface area contributed by atoms with E-state index < -0.39 is 0 Å². The van der Waals surface area contributed by atoms with Gasteiger partial charge in [-0.15, -0.1) is 10.2 Å². The Morgan fingerprint density at radius 1 is 0.950 bits per heavy atom. The van der Waals surface area contributed by atoms with E-state index in [9.17, 15) is 0 Å². The van der Waals surface area contributed by atoms with Crippen LogP contribution in [0.1, 0.15) is 45.6 Å². The Balaban J connectivity index is 2.15. The summed E-state index contributed by atoms with van der Waals surface area (Å²) in [4.78, 5) is 0. The molecule has 0 aliphatic rings. The number of nitrogens with zero attached hydrogens (tertiary/aromatic N) is 2. The van der Waals surface area contributed by atoms with Gasteiger partial charge >= 0.3 is 0 Å². The van der Waals surface area contributed by atoms with Crippen molar-refractivity contribution in [3.63, 3.8) is 0 Å². The average Bonchev–Trinajstić information content (AvgIpc) is 2.47. The third kappa shape index (κ3) is 3.56. The van der Waals surface area contributed by atoms with Gasteiger partial charge in [0.15, 0.2) is 0 Å². The molecule has 0 bridgehead atoms. The summed E-state index contributed by atoms with van der Waals surface area (Å²) in [5.74, 6) is 1.42. The van der Waals surface area contributed by atoms with Crippen LogP contribution in [0.2, 0.25) is 0 Å². The van der Waals surface area contributed by atoms with Crippen LogP contribution in [0.5, 0.6) is 0 Å². The Kier molecular flexibility index (Phi) is 4.72. The molecule has 3 nitrogen and oxygen atoms in total. The quantitative estimate of drug-likeness (QED) is 0.869. The molecule has 1 atom stereocenters. The minimum atomic E-state index is 0.366. The predicted molar refractivity (Wildman–Crippen MR) is 84.9 cm³/mol. The summed E-state index contributed by atoms with van der Waals surface area (Å²) in [6.07, 6.45) is 1.16. The zero-order chi connectivity index (χ0) is 14.5. The average molecular weight is 269 g/mol. The minimum absolute atomic E-state index is 0.366. The molecular formula is C17H23N3. The van der Waals surface area contributed by atoms with Crippen molar-refractivity contribution in [2.75, 3.05) is 5.32 Å². The summed E-state index contributed by atoms with van der Waals surface area (Å²) in [5, 5.41) is 11.7. The van der Waals surface area contributed by atoms with E-state index in [1.807, 2.05) is 12.1 Å². The molecule has 2 rings (SSSR count). The second-order valence-electron chi connectivity index (χ2n) is 5.53. The van der Waals surface area contributed by atoms with Crippen LogP contribution in [-0.2, 0) is 0 Å². The maximum atomic E-state index is 4.28. The molecule has 0 saturated heterocycles. The zero-order valence-corrected chi connectivity index (χ0v) is 12.7. The first-order valence-corrected chi connectivity index (χ1v) is 7.30. The molecule has 0 amide bonds. The molecule has 0 spiro atoms. The predicted octanol–water partition coefficient (Wildman–Crippen LogP) is 4.48. The van der Waals surface area contributed by atoms with Gasteiger partial charge in [0.25, 0.3) is 0 Å². The van der Waals surface area contributed by atoms with Crippen molar-refractivity contribution in [1.29, 1.82) is 0 Å². The fourth-order valence-electron chi connectivity index (χ4n) is 2.08. The number of rotatable bonds is 5. The summed E-state index contributed by atoms with van der Waals surface area (Å²) < 4.78 is 0. The molecule has 0 saturated carbocycles. The molecule has 1 aromatic carbocycles. The third-order valence-corrected chi connectivity index (χ3v) is 3.49. The number of anilines is 1. The van der Waals surface area contributed by atoms with Gasteiger partial charge < -0.3 is 5.32 Å². The van der Waals surface area contributed by atoms with Gasteiger partial charge in [-0.2, -0.15) is 0 Å². The van der Waals surface area contributed by atoms with Crippen molar-refractivity contribution in [3.05, 3.63) is 42.0 Å². The minimum Gasteiger partial charge on any atom is -0.366 e. The van der Waals surface area contributed by atoms with Crippen molar-refractivity contribution in [1.82, 2.24) is 10.2 Å². The molecule has 20 heavy (non-hydrogen) atoms. The molecule has 0 fully saturated rings. The summed E-state index contributed by atoms with van der Waals surface area (Å²) in [6.45, 7) is 8.64. The van der Waals surface area contributed by atoms with E-state index in [1.54, 1.807) is 0 Å². The van der Waals surface area contributed by atoms with Crippen LogP contribution >= 0.6 is 0 Å². The molecular weight excluding hydrogens is 246 g/mol.